The molecule has 22 heavy (non-hydrogen) atoms. The van der Waals surface area contributed by atoms with Gasteiger partial charge in [0.05, 0.1) is 12.7 Å². The van der Waals surface area contributed by atoms with Crippen LogP contribution in [0.2, 0.25) is 0 Å². The molecule has 4 nitrogen and oxygen atoms in total. The van der Waals surface area contributed by atoms with Crippen molar-refractivity contribution in [3.8, 4) is 5.75 Å². The van der Waals surface area contributed by atoms with E-state index in [0.29, 0.717) is 23.0 Å². The van der Waals surface area contributed by atoms with Gasteiger partial charge >= 0.3 is 0 Å². The molecule has 1 aromatic rings. The molecule has 3 rings (SSSR count). The summed E-state index contributed by atoms with van der Waals surface area (Å²) in [5.74, 6) is 0.638. The highest BCUT2D eigenvalue weighted by Crippen LogP contribution is 2.56. The van der Waals surface area contributed by atoms with Crippen molar-refractivity contribution in [3.63, 3.8) is 0 Å². The van der Waals surface area contributed by atoms with Crippen molar-refractivity contribution in [1.29, 1.82) is 0 Å². The molecule has 1 aliphatic heterocycles. The molecule has 2 fully saturated rings. The number of nitrogens with two attached hydrogens (primary N) is 1. The summed E-state index contributed by atoms with van der Waals surface area (Å²) in [5, 5.41) is 0. The second kappa shape index (κ2) is 4.90. The van der Waals surface area contributed by atoms with Crippen LogP contribution in [0.4, 0.5) is 5.69 Å². The number of nitrogens with zero attached hydrogens (tertiary/aromatic N) is 1. The third-order valence-corrected chi connectivity index (χ3v) is 6.10. The van der Waals surface area contributed by atoms with E-state index in [9.17, 15) is 4.79 Å². The predicted molar refractivity (Wildman–Crippen MR) is 88.0 cm³/mol. The van der Waals surface area contributed by atoms with E-state index in [4.69, 9.17) is 10.5 Å². The van der Waals surface area contributed by atoms with Crippen molar-refractivity contribution < 1.29 is 9.53 Å². The van der Waals surface area contributed by atoms with E-state index in [0.717, 1.165) is 19.4 Å². The molecule has 4 heteroatoms. The number of likely N-dealkylation sites (tertiary alicyclic amines) is 1. The number of nitrogen functional groups attached to an aromatic ring is 1. The highest BCUT2D eigenvalue weighted by Gasteiger charge is 2.54. The number of carbonyl (C=O) groups excluding carboxylic acids is 1. The van der Waals surface area contributed by atoms with Gasteiger partial charge in [-0.1, -0.05) is 20.8 Å². The van der Waals surface area contributed by atoms with Crippen molar-refractivity contribution in [3.05, 3.63) is 23.8 Å². The topological polar surface area (TPSA) is 55.6 Å². The minimum absolute atomic E-state index is 0.0725. The first-order valence-electron chi connectivity index (χ1n) is 8.02. The third-order valence-electron chi connectivity index (χ3n) is 6.10. The zero-order chi connectivity index (χ0) is 16.1. The second-order valence-electron chi connectivity index (χ2n) is 7.73. The molecule has 0 aromatic heterocycles. The fourth-order valence-corrected chi connectivity index (χ4v) is 4.05. The van der Waals surface area contributed by atoms with E-state index in [-0.39, 0.29) is 16.7 Å². The van der Waals surface area contributed by atoms with Crippen LogP contribution in [-0.4, -0.2) is 30.5 Å². The van der Waals surface area contributed by atoms with Crippen molar-refractivity contribution in [2.75, 3.05) is 19.4 Å². The number of fused-ring (bicyclic) bond motifs is 2. The lowest BCUT2D eigenvalue weighted by molar-refractivity contribution is 0.0691. The molecule has 2 unspecified atom stereocenters. The quantitative estimate of drug-likeness (QED) is 0.853. The van der Waals surface area contributed by atoms with Gasteiger partial charge in [-0.2, -0.15) is 0 Å². The Morgan fingerprint density at radius 1 is 1.36 bits per heavy atom. The molecule has 1 amide bonds. The molecule has 2 bridgehead atoms. The maximum absolute atomic E-state index is 13.0. The van der Waals surface area contributed by atoms with E-state index in [1.54, 1.807) is 25.3 Å². The van der Waals surface area contributed by atoms with Crippen LogP contribution in [0.25, 0.3) is 0 Å². The van der Waals surface area contributed by atoms with Gasteiger partial charge in [0.1, 0.15) is 5.75 Å². The highest BCUT2D eigenvalue weighted by molar-refractivity contribution is 5.98. The zero-order valence-electron chi connectivity index (χ0n) is 14.0. The Labute approximate surface area is 132 Å². The van der Waals surface area contributed by atoms with Crippen LogP contribution in [0, 0.1) is 10.8 Å². The lowest BCUT2D eigenvalue weighted by Crippen LogP contribution is -2.38. The average molecular weight is 302 g/mol. The van der Waals surface area contributed by atoms with Gasteiger partial charge in [0.25, 0.3) is 5.91 Å². The number of rotatable bonds is 2. The summed E-state index contributed by atoms with van der Waals surface area (Å²) >= 11 is 0. The van der Waals surface area contributed by atoms with Crippen molar-refractivity contribution >= 4 is 11.6 Å². The van der Waals surface area contributed by atoms with E-state index < -0.39 is 0 Å². The normalized spacial score (nSPS) is 29.5. The number of carbonyl (C=O) groups is 1. The van der Waals surface area contributed by atoms with Crippen molar-refractivity contribution in [1.82, 2.24) is 4.90 Å². The summed E-state index contributed by atoms with van der Waals surface area (Å²) in [5.41, 5.74) is 7.51. The Morgan fingerprint density at radius 2 is 2.09 bits per heavy atom. The third kappa shape index (κ3) is 2.16. The summed E-state index contributed by atoms with van der Waals surface area (Å²) in [4.78, 5) is 15.1. The Hall–Kier alpha value is -1.71. The Bertz CT molecular complexity index is 611. The minimum Gasteiger partial charge on any atom is -0.496 e. The van der Waals surface area contributed by atoms with Gasteiger partial charge in [-0.15, -0.1) is 0 Å². The lowest BCUT2D eigenvalue weighted by Gasteiger charge is -2.44. The smallest absolute Gasteiger partial charge is 0.257 e. The van der Waals surface area contributed by atoms with Crippen LogP contribution in [0.3, 0.4) is 0 Å². The summed E-state index contributed by atoms with van der Waals surface area (Å²) in [6.45, 7) is 7.83. The molecule has 2 N–H and O–H groups in total. The molecule has 1 heterocycles. The standard InChI is InChI=1S/C18H26N2O2/c1-17(2)8-7-13-10-18(17,3)11-20(13)16(21)14-6-5-12(19)9-15(14)22-4/h5-6,9,13H,7-8,10-11,19H2,1-4H3. The Morgan fingerprint density at radius 3 is 2.73 bits per heavy atom. The number of hydrogen-bond donors (Lipinski definition) is 1. The van der Waals surface area contributed by atoms with E-state index in [2.05, 4.69) is 25.7 Å². The summed E-state index contributed by atoms with van der Waals surface area (Å²) in [7, 11) is 1.58. The monoisotopic (exact) mass is 302 g/mol. The van der Waals surface area contributed by atoms with Crippen LogP contribution in [-0.2, 0) is 0 Å². The fraction of sp³-hybridized carbons (Fsp3) is 0.611. The van der Waals surface area contributed by atoms with E-state index in [1.807, 2.05) is 0 Å². The molecule has 120 valence electrons. The predicted octanol–water partition coefficient (Wildman–Crippen LogP) is 3.32. The van der Waals surface area contributed by atoms with E-state index in [1.165, 1.54) is 6.42 Å². The molecule has 1 aromatic carbocycles. The summed E-state index contributed by atoms with van der Waals surface area (Å²) in [6, 6.07) is 5.63. The SMILES string of the molecule is COc1cc(N)ccc1C(=O)N1CC2(C)CC1CCC2(C)C. The minimum atomic E-state index is 0.0725. The Kier molecular flexibility index (Phi) is 3.38. The van der Waals surface area contributed by atoms with E-state index >= 15 is 0 Å². The van der Waals surface area contributed by atoms with Crippen LogP contribution in [0.15, 0.2) is 18.2 Å². The van der Waals surface area contributed by atoms with Crippen molar-refractivity contribution in [2.45, 2.75) is 46.1 Å². The molecule has 1 aliphatic carbocycles. The molecule has 0 spiro atoms. The number of benzene rings is 1. The Balaban J connectivity index is 1.92. The molecular weight excluding hydrogens is 276 g/mol. The molecule has 1 saturated heterocycles. The number of ether oxygens (including phenoxy) is 1. The second-order valence-corrected chi connectivity index (χ2v) is 7.73. The maximum atomic E-state index is 13.0. The first-order chi connectivity index (χ1) is 10.3. The zero-order valence-corrected chi connectivity index (χ0v) is 14.0. The molecule has 1 saturated carbocycles. The summed E-state index contributed by atoms with van der Waals surface area (Å²) in [6.07, 6.45) is 3.37. The first kappa shape index (κ1) is 15.2. The largest absolute Gasteiger partial charge is 0.496 e. The number of anilines is 1. The van der Waals surface area contributed by atoms with Crippen LogP contribution >= 0.6 is 0 Å². The maximum Gasteiger partial charge on any atom is 0.257 e. The molecule has 2 atom stereocenters. The van der Waals surface area contributed by atoms with Gasteiger partial charge < -0.3 is 15.4 Å². The van der Waals surface area contributed by atoms with Gasteiger partial charge in [0.2, 0.25) is 0 Å². The van der Waals surface area contributed by atoms with Crippen LogP contribution in [0.1, 0.15) is 50.4 Å². The van der Waals surface area contributed by atoms with Gasteiger partial charge in [-0.25, -0.2) is 0 Å². The van der Waals surface area contributed by atoms with Gasteiger partial charge in [-0.05, 0) is 42.2 Å². The van der Waals surface area contributed by atoms with Crippen molar-refractivity contribution in [2.24, 2.45) is 10.8 Å². The molecular formula is C18H26N2O2. The highest BCUT2D eigenvalue weighted by atomic mass is 16.5. The number of hydrogen-bond acceptors (Lipinski definition) is 3. The van der Waals surface area contributed by atoms with Crippen LogP contribution < -0.4 is 10.5 Å². The first-order valence-corrected chi connectivity index (χ1v) is 8.02. The van der Waals surface area contributed by atoms with Gasteiger partial charge in [0.15, 0.2) is 0 Å². The lowest BCUT2D eigenvalue weighted by atomic mass is 9.60. The average Bonchev–Trinajstić information content (AvgIpc) is 2.78. The summed E-state index contributed by atoms with van der Waals surface area (Å²) < 4.78 is 5.36. The van der Waals surface area contributed by atoms with Gasteiger partial charge in [-0.3, -0.25) is 4.79 Å². The number of methoxy groups -OCH3 is 1. The van der Waals surface area contributed by atoms with Gasteiger partial charge in [0, 0.05) is 24.3 Å². The molecule has 2 aliphatic rings. The number of amides is 1. The molecule has 0 radical (unpaired) electrons. The van der Waals surface area contributed by atoms with Crippen LogP contribution in [0.5, 0.6) is 5.75 Å². The fourth-order valence-electron chi connectivity index (χ4n) is 4.05.